The molecule has 0 aromatic carbocycles. The minimum atomic E-state index is -0.867. The van der Waals surface area contributed by atoms with Crippen molar-refractivity contribution >= 4 is 0 Å². The van der Waals surface area contributed by atoms with E-state index in [1.54, 1.807) is 0 Å². The molecule has 1 aliphatic heterocycles. The molecule has 30 heavy (non-hydrogen) atoms. The van der Waals surface area contributed by atoms with Gasteiger partial charge >= 0.3 is 0 Å². The SMILES string of the molecule is OC[C@@H]1[C@H](O)[C@H](O)CCN1CCCCCOCC1CCC(C2CCCCC2)CC1F. The molecular weight excluding hydrogens is 385 g/mol. The maximum atomic E-state index is 14.7. The summed E-state index contributed by atoms with van der Waals surface area (Å²) in [5, 5.41) is 29.2. The summed E-state index contributed by atoms with van der Waals surface area (Å²) >= 11 is 0. The van der Waals surface area contributed by atoms with E-state index in [0.717, 1.165) is 44.6 Å². The van der Waals surface area contributed by atoms with E-state index in [4.69, 9.17) is 4.74 Å². The van der Waals surface area contributed by atoms with Gasteiger partial charge in [0.2, 0.25) is 0 Å². The van der Waals surface area contributed by atoms with Crippen LogP contribution in [-0.2, 0) is 4.74 Å². The average Bonchev–Trinajstić information content (AvgIpc) is 2.77. The molecule has 0 aromatic heterocycles. The van der Waals surface area contributed by atoms with E-state index in [1.807, 2.05) is 0 Å². The van der Waals surface area contributed by atoms with E-state index in [-0.39, 0.29) is 18.6 Å². The Labute approximate surface area is 182 Å². The molecule has 6 atom stereocenters. The molecule has 0 amide bonds. The third-order valence-corrected chi connectivity index (χ3v) is 7.99. The first-order valence-electron chi connectivity index (χ1n) is 12.5. The standard InChI is InChI=1S/C24H44FNO4/c25-21-15-19(18-7-3-1-4-8-18)9-10-20(21)17-30-14-6-2-5-12-26-13-11-23(28)24(29)22(26)16-27/h18-24,27-29H,1-17H2/t19?,20?,21?,22-,23-,24+/m1/s1. The Morgan fingerprint density at radius 2 is 1.70 bits per heavy atom. The second kappa shape index (κ2) is 12.7. The zero-order valence-corrected chi connectivity index (χ0v) is 18.6. The van der Waals surface area contributed by atoms with Crippen molar-refractivity contribution < 1.29 is 24.4 Å². The fourth-order valence-corrected chi connectivity index (χ4v) is 5.97. The van der Waals surface area contributed by atoms with Gasteiger partial charge in [-0.05, 0) is 63.3 Å². The van der Waals surface area contributed by atoms with Crippen LogP contribution in [0.2, 0.25) is 0 Å². The van der Waals surface area contributed by atoms with E-state index in [0.29, 0.717) is 32.1 Å². The van der Waals surface area contributed by atoms with Gasteiger partial charge < -0.3 is 20.1 Å². The topological polar surface area (TPSA) is 73.2 Å². The van der Waals surface area contributed by atoms with Crippen LogP contribution >= 0.6 is 0 Å². The summed E-state index contributed by atoms with van der Waals surface area (Å²) in [6.07, 6.45) is 10.8. The first-order valence-corrected chi connectivity index (χ1v) is 12.5. The third kappa shape index (κ3) is 6.86. The van der Waals surface area contributed by atoms with Crippen LogP contribution in [0.3, 0.4) is 0 Å². The number of aliphatic hydroxyl groups excluding tert-OH is 3. The minimum Gasteiger partial charge on any atom is -0.395 e. The molecule has 2 aliphatic carbocycles. The Kier molecular flexibility index (Phi) is 10.3. The summed E-state index contributed by atoms with van der Waals surface area (Å²) in [5.74, 6) is 1.46. The molecule has 3 fully saturated rings. The van der Waals surface area contributed by atoms with Crippen LogP contribution in [0.4, 0.5) is 4.39 Å². The predicted octanol–water partition coefficient (Wildman–Crippen LogP) is 3.30. The van der Waals surface area contributed by atoms with Gasteiger partial charge in [-0.25, -0.2) is 4.39 Å². The van der Waals surface area contributed by atoms with Crippen molar-refractivity contribution in [2.75, 3.05) is 32.9 Å². The smallest absolute Gasteiger partial charge is 0.105 e. The third-order valence-electron chi connectivity index (χ3n) is 7.99. The summed E-state index contributed by atoms with van der Waals surface area (Å²) in [7, 11) is 0. The minimum absolute atomic E-state index is 0.0800. The van der Waals surface area contributed by atoms with Crippen molar-refractivity contribution in [3.8, 4) is 0 Å². The Hall–Kier alpha value is -0.270. The quantitative estimate of drug-likeness (QED) is 0.465. The second-order valence-electron chi connectivity index (χ2n) is 10.0. The molecule has 3 rings (SSSR count). The van der Waals surface area contributed by atoms with E-state index >= 15 is 0 Å². The molecule has 0 radical (unpaired) electrons. The van der Waals surface area contributed by atoms with Crippen LogP contribution in [-0.4, -0.2) is 77.6 Å². The maximum Gasteiger partial charge on any atom is 0.105 e. The van der Waals surface area contributed by atoms with Crippen molar-refractivity contribution in [2.45, 2.75) is 101 Å². The highest BCUT2D eigenvalue weighted by atomic mass is 19.1. The van der Waals surface area contributed by atoms with Crippen LogP contribution in [0.15, 0.2) is 0 Å². The van der Waals surface area contributed by atoms with Crippen molar-refractivity contribution in [2.24, 2.45) is 17.8 Å². The number of alkyl halides is 1. The lowest BCUT2D eigenvalue weighted by Gasteiger charge is -2.40. The van der Waals surface area contributed by atoms with E-state index in [9.17, 15) is 19.7 Å². The number of rotatable bonds is 10. The summed E-state index contributed by atoms with van der Waals surface area (Å²) in [6.45, 7) is 2.63. The number of hydrogen-bond donors (Lipinski definition) is 3. The van der Waals surface area contributed by atoms with Crippen molar-refractivity contribution in [1.29, 1.82) is 0 Å². The number of unbranched alkanes of at least 4 members (excludes halogenated alkanes) is 2. The Bertz CT molecular complexity index is 476. The van der Waals surface area contributed by atoms with Gasteiger partial charge in [-0.3, -0.25) is 4.90 Å². The van der Waals surface area contributed by atoms with Crippen molar-refractivity contribution in [3.05, 3.63) is 0 Å². The van der Waals surface area contributed by atoms with Crippen LogP contribution in [0.5, 0.6) is 0 Å². The molecule has 0 aromatic rings. The fraction of sp³-hybridized carbons (Fsp3) is 1.00. The predicted molar refractivity (Wildman–Crippen MR) is 116 cm³/mol. The van der Waals surface area contributed by atoms with Crippen LogP contribution in [0, 0.1) is 17.8 Å². The van der Waals surface area contributed by atoms with E-state index in [1.165, 1.54) is 38.5 Å². The molecule has 3 unspecified atom stereocenters. The average molecular weight is 430 g/mol. The molecule has 1 heterocycles. The van der Waals surface area contributed by atoms with Crippen LogP contribution in [0.25, 0.3) is 0 Å². The van der Waals surface area contributed by atoms with Gasteiger partial charge in [0.25, 0.3) is 0 Å². The summed E-state index contributed by atoms with van der Waals surface area (Å²) in [6, 6.07) is -0.366. The number of halogens is 1. The molecular formula is C24H44FNO4. The van der Waals surface area contributed by atoms with Gasteiger partial charge in [0.05, 0.1) is 31.5 Å². The first-order chi connectivity index (χ1) is 14.6. The van der Waals surface area contributed by atoms with Crippen molar-refractivity contribution in [1.82, 2.24) is 4.90 Å². The highest BCUT2D eigenvalue weighted by Crippen LogP contribution is 2.41. The molecule has 5 nitrogen and oxygen atoms in total. The van der Waals surface area contributed by atoms with Crippen molar-refractivity contribution in [3.63, 3.8) is 0 Å². The summed E-state index contributed by atoms with van der Waals surface area (Å²) in [4.78, 5) is 2.08. The highest BCUT2D eigenvalue weighted by Gasteiger charge is 2.36. The van der Waals surface area contributed by atoms with Gasteiger partial charge in [-0.2, -0.15) is 0 Å². The molecule has 176 valence electrons. The Morgan fingerprint density at radius 3 is 2.43 bits per heavy atom. The highest BCUT2D eigenvalue weighted by molar-refractivity contribution is 4.89. The number of likely N-dealkylation sites (tertiary alicyclic amines) is 1. The number of ether oxygens (including phenoxy) is 1. The number of piperidine rings is 1. The molecule has 3 N–H and O–H groups in total. The van der Waals surface area contributed by atoms with E-state index in [2.05, 4.69) is 4.90 Å². The molecule has 6 heteroatoms. The number of hydrogen-bond acceptors (Lipinski definition) is 5. The maximum absolute atomic E-state index is 14.7. The molecule has 2 saturated carbocycles. The molecule has 3 aliphatic rings. The fourth-order valence-electron chi connectivity index (χ4n) is 5.97. The van der Waals surface area contributed by atoms with Gasteiger partial charge in [-0.1, -0.05) is 32.1 Å². The monoisotopic (exact) mass is 429 g/mol. The van der Waals surface area contributed by atoms with Gasteiger partial charge in [0, 0.05) is 19.1 Å². The molecule has 0 spiro atoms. The zero-order chi connectivity index (χ0) is 21.3. The van der Waals surface area contributed by atoms with Gasteiger partial charge in [0.1, 0.15) is 6.17 Å². The number of nitrogens with zero attached hydrogens (tertiary/aromatic N) is 1. The molecule has 1 saturated heterocycles. The summed E-state index contributed by atoms with van der Waals surface area (Å²) < 4.78 is 20.5. The first kappa shape index (κ1) is 24.4. The van der Waals surface area contributed by atoms with Gasteiger partial charge in [0.15, 0.2) is 0 Å². The lowest BCUT2D eigenvalue weighted by atomic mass is 9.70. The summed E-state index contributed by atoms with van der Waals surface area (Å²) in [5.41, 5.74) is 0. The van der Waals surface area contributed by atoms with Gasteiger partial charge in [-0.15, -0.1) is 0 Å². The second-order valence-corrected chi connectivity index (χ2v) is 10.0. The zero-order valence-electron chi connectivity index (χ0n) is 18.6. The van der Waals surface area contributed by atoms with E-state index < -0.39 is 18.4 Å². The Balaban J connectivity index is 1.23. The lowest BCUT2D eigenvalue weighted by molar-refractivity contribution is -0.0897. The normalized spacial score (nSPS) is 36.8. The molecule has 0 bridgehead atoms. The van der Waals surface area contributed by atoms with Crippen LogP contribution in [0.1, 0.15) is 77.0 Å². The van der Waals surface area contributed by atoms with Crippen LogP contribution < -0.4 is 0 Å². The Morgan fingerprint density at radius 1 is 0.900 bits per heavy atom. The lowest BCUT2D eigenvalue weighted by Crippen LogP contribution is -2.56. The number of aliphatic hydroxyl groups is 3. The largest absolute Gasteiger partial charge is 0.395 e.